The first-order chi connectivity index (χ1) is 13.1. The molecule has 0 radical (unpaired) electrons. The van der Waals surface area contributed by atoms with Crippen LogP contribution in [0.4, 0.5) is 5.69 Å². The first-order valence-corrected chi connectivity index (χ1v) is 9.89. The fraction of sp³-hybridized carbons (Fsp3) is 0.300. The Morgan fingerprint density at radius 2 is 2.00 bits per heavy atom. The zero-order valence-electron chi connectivity index (χ0n) is 15.3. The summed E-state index contributed by atoms with van der Waals surface area (Å²) in [5, 5.41) is 12.2. The van der Waals surface area contributed by atoms with Gasteiger partial charge < -0.3 is 5.32 Å². The summed E-state index contributed by atoms with van der Waals surface area (Å²) < 4.78 is 2.16. The van der Waals surface area contributed by atoms with Crippen LogP contribution in [-0.2, 0) is 4.79 Å². The summed E-state index contributed by atoms with van der Waals surface area (Å²) in [5.41, 5.74) is 2.92. The van der Waals surface area contributed by atoms with Crippen molar-refractivity contribution in [2.24, 2.45) is 0 Å². The Morgan fingerprint density at radius 1 is 1.22 bits per heavy atom. The van der Waals surface area contributed by atoms with Gasteiger partial charge in [-0.15, -0.1) is 10.2 Å². The monoisotopic (exact) mass is 379 g/mol. The van der Waals surface area contributed by atoms with Crippen molar-refractivity contribution < 1.29 is 4.79 Å². The highest BCUT2D eigenvalue weighted by Crippen LogP contribution is 2.41. The van der Waals surface area contributed by atoms with Crippen molar-refractivity contribution in [1.29, 1.82) is 0 Å². The zero-order valence-corrected chi connectivity index (χ0v) is 16.1. The molecule has 1 saturated carbocycles. The van der Waals surface area contributed by atoms with Gasteiger partial charge in [-0.3, -0.25) is 14.3 Å². The molecular weight excluding hydrogens is 358 g/mol. The molecule has 0 aliphatic heterocycles. The third-order valence-electron chi connectivity index (χ3n) is 4.45. The summed E-state index contributed by atoms with van der Waals surface area (Å²) in [4.78, 5) is 16.7. The van der Waals surface area contributed by atoms with Gasteiger partial charge in [-0.25, -0.2) is 0 Å². The Hall–Kier alpha value is -2.67. The molecule has 0 unspecified atom stereocenters. The van der Waals surface area contributed by atoms with Crippen LogP contribution in [0.2, 0.25) is 0 Å². The van der Waals surface area contributed by atoms with E-state index in [1.54, 1.807) is 12.4 Å². The smallest absolute Gasteiger partial charge is 0.237 e. The molecule has 7 heteroatoms. The van der Waals surface area contributed by atoms with Crippen molar-refractivity contribution in [3.63, 3.8) is 0 Å². The molecular formula is C20H21N5OS. The van der Waals surface area contributed by atoms with Crippen molar-refractivity contribution in [3.05, 3.63) is 54.4 Å². The molecule has 27 heavy (non-hydrogen) atoms. The van der Waals surface area contributed by atoms with Crippen LogP contribution in [0.3, 0.4) is 0 Å². The number of carbonyl (C=O) groups is 1. The molecule has 1 fully saturated rings. The molecule has 4 rings (SSSR count). The second-order valence-corrected chi connectivity index (χ2v) is 8.07. The zero-order chi connectivity index (χ0) is 18.8. The minimum absolute atomic E-state index is 0.0404. The molecule has 1 aromatic carbocycles. The largest absolute Gasteiger partial charge is 0.325 e. The standard InChI is InChI=1S/C20H21N5OS/c1-13-4-3-5-16(12-13)22-19(26)14(2)27-20-24-23-18(25(20)17-6-7-17)15-8-10-21-11-9-15/h3-5,8-12,14,17H,6-7H2,1-2H3,(H,22,26)/t14-/m1/s1. The lowest BCUT2D eigenvalue weighted by Crippen LogP contribution is -2.23. The van der Waals surface area contributed by atoms with E-state index in [4.69, 9.17) is 0 Å². The molecule has 6 nitrogen and oxygen atoms in total. The Labute approximate surface area is 162 Å². The molecule has 1 aliphatic rings. The van der Waals surface area contributed by atoms with Crippen LogP contribution >= 0.6 is 11.8 Å². The molecule has 3 aromatic rings. The Morgan fingerprint density at radius 3 is 2.70 bits per heavy atom. The molecule has 1 aliphatic carbocycles. The summed E-state index contributed by atoms with van der Waals surface area (Å²) in [5.74, 6) is 0.801. The topological polar surface area (TPSA) is 72.7 Å². The normalized spacial score (nSPS) is 14.7. The van der Waals surface area contributed by atoms with Crippen LogP contribution in [-0.4, -0.2) is 30.9 Å². The maximum Gasteiger partial charge on any atom is 0.237 e. The van der Waals surface area contributed by atoms with Crippen LogP contribution in [0.1, 0.15) is 31.4 Å². The van der Waals surface area contributed by atoms with E-state index in [0.717, 1.165) is 40.6 Å². The van der Waals surface area contributed by atoms with Gasteiger partial charge in [0, 0.05) is 29.7 Å². The van der Waals surface area contributed by atoms with E-state index in [0.29, 0.717) is 6.04 Å². The maximum absolute atomic E-state index is 12.6. The number of benzene rings is 1. The van der Waals surface area contributed by atoms with E-state index < -0.39 is 0 Å². The van der Waals surface area contributed by atoms with E-state index in [1.807, 2.05) is 50.2 Å². The molecule has 0 saturated heterocycles. The van der Waals surface area contributed by atoms with E-state index >= 15 is 0 Å². The van der Waals surface area contributed by atoms with Gasteiger partial charge in [0.2, 0.25) is 5.91 Å². The van der Waals surface area contributed by atoms with Gasteiger partial charge in [-0.1, -0.05) is 23.9 Å². The van der Waals surface area contributed by atoms with E-state index in [-0.39, 0.29) is 11.2 Å². The second kappa shape index (κ2) is 7.52. The van der Waals surface area contributed by atoms with Crippen molar-refractivity contribution >= 4 is 23.4 Å². The summed E-state index contributed by atoms with van der Waals surface area (Å²) >= 11 is 1.45. The predicted octanol–water partition coefficient (Wildman–Crippen LogP) is 4.10. The van der Waals surface area contributed by atoms with Crippen molar-refractivity contribution in [3.8, 4) is 11.4 Å². The molecule has 0 spiro atoms. The number of aromatic nitrogens is 4. The molecule has 1 atom stereocenters. The average molecular weight is 379 g/mol. The van der Waals surface area contributed by atoms with Crippen LogP contribution < -0.4 is 5.32 Å². The van der Waals surface area contributed by atoms with Crippen molar-refractivity contribution in [2.45, 2.75) is 43.1 Å². The number of rotatable bonds is 6. The number of amides is 1. The number of anilines is 1. The Kier molecular flexibility index (Phi) is 4.94. The Bertz CT molecular complexity index is 952. The first kappa shape index (κ1) is 17.7. The third-order valence-corrected chi connectivity index (χ3v) is 5.51. The van der Waals surface area contributed by atoms with E-state index in [9.17, 15) is 4.79 Å². The van der Waals surface area contributed by atoms with Crippen molar-refractivity contribution in [1.82, 2.24) is 19.7 Å². The lowest BCUT2D eigenvalue weighted by molar-refractivity contribution is -0.115. The highest BCUT2D eigenvalue weighted by atomic mass is 32.2. The maximum atomic E-state index is 12.6. The SMILES string of the molecule is Cc1cccc(NC(=O)[C@@H](C)Sc2nnc(-c3ccncc3)n2C2CC2)c1. The minimum atomic E-state index is -0.280. The van der Waals surface area contributed by atoms with Gasteiger partial charge in [0.1, 0.15) is 0 Å². The van der Waals surface area contributed by atoms with Gasteiger partial charge in [-0.05, 0) is 56.5 Å². The first-order valence-electron chi connectivity index (χ1n) is 9.01. The van der Waals surface area contributed by atoms with Crippen LogP contribution in [0.15, 0.2) is 53.9 Å². The molecule has 2 heterocycles. The summed E-state index contributed by atoms with van der Waals surface area (Å²) in [6, 6.07) is 12.1. The van der Waals surface area contributed by atoms with Crippen LogP contribution in [0.25, 0.3) is 11.4 Å². The summed E-state index contributed by atoms with van der Waals surface area (Å²) in [6.45, 7) is 3.90. The average Bonchev–Trinajstić information content (AvgIpc) is 3.42. The quantitative estimate of drug-likeness (QED) is 0.653. The van der Waals surface area contributed by atoms with Crippen molar-refractivity contribution in [2.75, 3.05) is 5.32 Å². The highest BCUT2D eigenvalue weighted by molar-refractivity contribution is 8.00. The fourth-order valence-electron chi connectivity index (χ4n) is 2.90. The van der Waals surface area contributed by atoms with Gasteiger partial charge in [-0.2, -0.15) is 0 Å². The van der Waals surface area contributed by atoms with Gasteiger partial charge in [0.05, 0.1) is 5.25 Å². The minimum Gasteiger partial charge on any atom is -0.325 e. The highest BCUT2D eigenvalue weighted by Gasteiger charge is 2.31. The number of thioether (sulfide) groups is 1. The number of nitrogens with one attached hydrogen (secondary N) is 1. The molecule has 1 N–H and O–H groups in total. The molecule has 138 valence electrons. The van der Waals surface area contributed by atoms with E-state index in [1.165, 1.54) is 11.8 Å². The number of carbonyl (C=O) groups excluding carboxylic acids is 1. The van der Waals surface area contributed by atoms with Crippen LogP contribution in [0.5, 0.6) is 0 Å². The second-order valence-electron chi connectivity index (χ2n) is 6.76. The van der Waals surface area contributed by atoms with Gasteiger partial charge >= 0.3 is 0 Å². The van der Waals surface area contributed by atoms with Gasteiger partial charge in [0.25, 0.3) is 0 Å². The summed E-state index contributed by atoms with van der Waals surface area (Å²) in [6.07, 6.45) is 5.75. The fourth-order valence-corrected chi connectivity index (χ4v) is 3.81. The van der Waals surface area contributed by atoms with Crippen LogP contribution in [0, 0.1) is 6.92 Å². The van der Waals surface area contributed by atoms with Gasteiger partial charge in [0.15, 0.2) is 11.0 Å². The third kappa shape index (κ3) is 4.03. The number of aryl methyl sites for hydroxylation is 1. The lowest BCUT2D eigenvalue weighted by Gasteiger charge is -2.13. The lowest BCUT2D eigenvalue weighted by atomic mass is 10.2. The predicted molar refractivity (Wildman–Crippen MR) is 107 cm³/mol. The summed E-state index contributed by atoms with van der Waals surface area (Å²) in [7, 11) is 0. The van der Waals surface area contributed by atoms with E-state index in [2.05, 4.69) is 25.1 Å². The molecule has 0 bridgehead atoms. The molecule has 1 amide bonds. The Balaban J connectivity index is 1.52. The number of hydrogen-bond donors (Lipinski definition) is 1. The number of nitrogens with zero attached hydrogens (tertiary/aromatic N) is 4. The molecule has 2 aromatic heterocycles. The number of pyridine rings is 1. The number of hydrogen-bond acceptors (Lipinski definition) is 5.